The molecule has 1 amide bonds. The molecule has 0 saturated carbocycles. The molecule has 36 heavy (non-hydrogen) atoms. The Balaban J connectivity index is 1.65. The number of likely N-dealkylation sites (tertiary alicyclic amines) is 1. The van der Waals surface area contributed by atoms with Gasteiger partial charge in [0.15, 0.2) is 0 Å². The molecule has 5 nitrogen and oxygen atoms in total. The Morgan fingerprint density at radius 2 is 1.78 bits per heavy atom. The van der Waals surface area contributed by atoms with Crippen LogP contribution in [0.4, 0.5) is 8.78 Å². The predicted molar refractivity (Wildman–Crippen MR) is 137 cm³/mol. The Labute approximate surface area is 218 Å². The monoisotopic (exact) mass is 536 g/mol. The standard InChI is InChI=1S/C27H28Cl2F2N2O3/c1-15-11-18(27(3,30)31)12-20-16(2)13-33(24(15)20)14-21-22(28)6-5-19(23(21)29)25(34)32-9-7-17(8-10-32)26(35)36-4/h5-6,11-13,17H,7-10,14H2,1-4H3. The van der Waals surface area contributed by atoms with Crippen molar-refractivity contribution in [3.63, 3.8) is 0 Å². The molecule has 0 unspecified atom stereocenters. The van der Waals surface area contributed by atoms with Crippen molar-refractivity contribution in [2.45, 2.75) is 46.1 Å². The lowest BCUT2D eigenvalue weighted by Gasteiger charge is -2.31. The molecule has 1 aliphatic rings. The van der Waals surface area contributed by atoms with Gasteiger partial charge in [0.05, 0.1) is 35.7 Å². The normalized spacial score (nSPS) is 14.9. The van der Waals surface area contributed by atoms with E-state index in [9.17, 15) is 18.4 Å². The van der Waals surface area contributed by atoms with E-state index in [1.807, 2.05) is 17.7 Å². The van der Waals surface area contributed by atoms with Gasteiger partial charge >= 0.3 is 5.97 Å². The van der Waals surface area contributed by atoms with E-state index in [0.717, 1.165) is 23.4 Å². The number of carbonyl (C=O) groups excluding carboxylic acids is 2. The van der Waals surface area contributed by atoms with E-state index in [-0.39, 0.29) is 34.9 Å². The van der Waals surface area contributed by atoms with Crippen molar-refractivity contribution in [2.75, 3.05) is 20.2 Å². The van der Waals surface area contributed by atoms with E-state index in [1.165, 1.54) is 19.2 Å². The van der Waals surface area contributed by atoms with E-state index < -0.39 is 5.92 Å². The SMILES string of the molecule is COC(=O)C1CCN(C(=O)c2ccc(Cl)c(Cn3cc(C)c4cc(C(C)(F)F)cc(C)c43)c2Cl)CC1. The number of ether oxygens (including phenoxy) is 1. The molecule has 0 bridgehead atoms. The van der Waals surface area contributed by atoms with Gasteiger partial charge in [-0.15, -0.1) is 0 Å². The van der Waals surface area contributed by atoms with Gasteiger partial charge in [0.1, 0.15) is 0 Å². The largest absolute Gasteiger partial charge is 0.469 e. The maximum absolute atomic E-state index is 14.0. The summed E-state index contributed by atoms with van der Waals surface area (Å²) >= 11 is 13.3. The third-order valence-corrected chi connectivity index (χ3v) is 7.72. The second-order valence-electron chi connectivity index (χ2n) is 9.49. The smallest absolute Gasteiger partial charge is 0.308 e. The van der Waals surface area contributed by atoms with Gasteiger partial charge in [-0.1, -0.05) is 23.2 Å². The minimum Gasteiger partial charge on any atom is -0.469 e. The molecule has 1 saturated heterocycles. The Bertz CT molecular complexity index is 1340. The third kappa shape index (κ3) is 4.96. The molecular formula is C27H28Cl2F2N2O3. The van der Waals surface area contributed by atoms with Crippen LogP contribution in [0, 0.1) is 19.8 Å². The van der Waals surface area contributed by atoms with Crippen LogP contribution in [0.25, 0.3) is 10.9 Å². The van der Waals surface area contributed by atoms with Crippen molar-refractivity contribution in [3.8, 4) is 0 Å². The average Bonchev–Trinajstić information content (AvgIpc) is 3.16. The van der Waals surface area contributed by atoms with Crippen LogP contribution < -0.4 is 0 Å². The van der Waals surface area contributed by atoms with E-state index in [0.29, 0.717) is 47.6 Å². The van der Waals surface area contributed by atoms with Gasteiger partial charge in [0.2, 0.25) is 0 Å². The highest BCUT2D eigenvalue weighted by molar-refractivity contribution is 6.38. The topological polar surface area (TPSA) is 51.5 Å². The van der Waals surface area contributed by atoms with Crippen molar-refractivity contribution in [3.05, 3.63) is 68.3 Å². The lowest BCUT2D eigenvalue weighted by Crippen LogP contribution is -2.40. The molecule has 4 rings (SSSR count). The number of rotatable bonds is 5. The predicted octanol–water partition coefficient (Wildman–Crippen LogP) is 6.75. The molecule has 0 N–H and O–H groups in total. The number of amides is 1. The number of nitrogens with zero attached hydrogens (tertiary/aromatic N) is 2. The molecule has 1 aliphatic heterocycles. The van der Waals surface area contributed by atoms with E-state index in [2.05, 4.69) is 0 Å². The number of carbonyl (C=O) groups is 2. The molecule has 1 aromatic heterocycles. The summed E-state index contributed by atoms with van der Waals surface area (Å²) in [5, 5.41) is 1.41. The summed E-state index contributed by atoms with van der Waals surface area (Å²) in [6.07, 6.45) is 2.94. The van der Waals surface area contributed by atoms with Crippen molar-refractivity contribution in [2.24, 2.45) is 5.92 Å². The minimum absolute atomic E-state index is 0.0343. The molecule has 1 fully saturated rings. The van der Waals surface area contributed by atoms with Gasteiger partial charge in [-0.3, -0.25) is 9.59 Å². The number of benzene rings is 2. The van der Waals surface area contributed by atoms with Gasteiger partial charge in [0, 0.05) is 47.7 Å². The highest BCUT2D eigenvalue weighted by atomic mass is 35.5. The first-order valence-corrected chi connectivity index (χ1v) is 12.5. The second kappa shape index (κ2) is 10.0. The number of esters is 1. The Morgan fingerprint density at radius 1 is 1.11 bits per heavy atom. The van der Waals surface area contributed by atoms with Crippen LogP contribution >= 0.6 is 23.2 Å². The van der Waals surface area contributed by atoms with Crippen LogP contribution in [0.15, 0.2) is 30.5 Å². The average molecular weight is 537 g/mol. The molecule has 0 radical (unpaired) electrons. The first-order chi connectivity index (χ1) is 16.9. The maximum Gasteiger partial charge on any atom is 0.308 e. The summed E-state index contributed by atoms with van der Waals surface area (Å²) in [5.41, 5.74) is 3.26. The van der Waals surface area contributed by atoms with E-state index in [1.54, 1.807) is 24.0 Å². The number of methoxy groups -OCH3 is 1. The Morgan fingerprint density at radius 3 is 2.39 bits per heavy atom. The quantitative estimate of drug-likeness (QED) is 0.339. The maximum atomic E-state index is 14.0. The minimum atomic E-state index is -2.94. The zero-order chi connectivity index (χ0) is 26.4. The van der Waals surface area contributed by atoms with Gasteiger partial charge in [-0.25, -0.2) is 8.78 Å². The molecular weight excluding hydrogens is 509 g/mol. The van der Waals surface area contributed by atoms with E-state index in [4.69, 9.17) is 27.9 Å². The van der Waals surface area contributed by atoms with E-state index >= 15 is 0 Å². The number of halogens is 4. The highest BCUT2D eigenvalue weighted by Crippen LogP contribution is 2.36. The summed E-state index contributed by atoms with van der Waals surface area (Å²) in [6.45, 7) is 5.69. The summed E-state index contributed by atoms with van der Waals surface area (Å²) in [4.78, 5) is 26.8. The molecule has 192 valence electrons. The fourth-order valence-electron chi connectivity index (χ4n) is 4.94. The zero-order valence-corrected chi connectivity index (χ0v) is 22.1. The highest BCUT2D eigenvalue weighted by Gasteiger charge is 2.30. The number of fused-ring (bicyclic) bond motifs is 1. The molecule has 0 atom stereocenters. The summed E-state index contributed by atoms with van der Waals surface area (Å²) in [6, 6.07) is 6.29. The number of aryl methyl sites for hydroxylation is 2. The number of hydrogen-bond donors (Lipinski definition) is 0. The summed E-state index contributed by atoms with van der Waals surface area (Å²) in [7, 11) is 1.36. The lowest BCUT2D eigenvalue weighted by atomic mass is 9.96. The molecule has 0 aliphatic carbocycles. The van der Waals surface area contributed by atoms with Crippen LogP contribution in [-0.2, 0) is 22.0 Å². The molecule has 2 heterocycles. The van der Waals surface area contributed by atoms with Crippen LogP contribution in [0.5, 0.6) is 0 Å². The molecule has 0 spiro atoms. The van der Waals surface area contributed by atoms with Crippen LogP contribution in [0.1, 0.15) is 52.4 Å². The van der Waals surface area contributed by atoms with Gasteiger partial charge < -0.3 is 14.2 Å². The Hall–Kier alpha value is -2.64. The number of aromatic nitrogens is 1. The van der Waals surface area contributed by atoms with Gasteiger partial charge in [-0.2, -0.15) is 0 Å². The van der Waals surface area contributed by atoms with Gasteiger partial charge in [0.25, 0.3) is 11.8 Å². The van der Waals surface area contributed by atoms with Crippen LogP contribution in [0.3, 0.4) is 0 Å². The number of hydrogen-bond acceptors (Lipinski definition) is 3. The van der Waals surface area contributed by atoms with Crippen LogP contribution in [-0.4, -0.2) is 41.5 Å². The molecule has 9 heteroatoms. The number of piperidine rings is 1. The number of alkyl halides is 2. The molecule has 2 aromatic carbocycles. The Kier molecular flexibility index (Phi) is 7.35. The third-order valence-electron chi connectivity index (χ3n) is 6.93. The fraction of sp³-hybridized carbons (Fsp3) is 0.407. The lowest BCUT2D eigenvalue weighted by molar-refractivity contribution is -0.146. The molecule has 3 aromatic rings. The van der Waals surface area contributed by atoms with Crippen molar-refractivity contribution >= 4 is 46.0 Å². The van der Waals surface area contributed by atoms with Crippen molar-refractivity contribution in [1.29, 1.82) is 0 Å². The van der Waals surface area contributed by atoms with Gasteiger partial charge in [-0.05, 0) is 62.1 Å². The second-order valence-corrected chi connectivity index (χ2v) is 10.3. The van der Waals surface area contributed by atoms with Crippen molar-refractivity contribution < 1.29 is 23.1 Å². The fourth-order valence-corrected chi connectivity index (χ4v) is 5.51. The van der Waals surface area contributed by atoms with Crippen LogP contribution in [0.2, 0.25) is 10.0 Å². The first kappa shape index (κ1) is 26.4. The zero-order valence-electron chi connectivity index (χ0n) is 20.6. The van der Waals surface area contributed by atoms with Crippen molar-refractivity contribution in [1.82, 2.24) is 9.47 Å². The first-order valence-electron chi connectivity index (χ1n) is 11.7. The summed E-state index contributed by atoms with van der Waals surface area (Å²) in [5.74, 6) is -3.63. The summed E-state index contributed by atoms with van der Waals surface area (Å²) < 4.78 is 34.8.